The zero-order valence-electron chi connectivity index (χ0n) is 21.9. The monoisotopic (exact) mass is 487 g/mol. The number of nitrogens with one attached hydrogen (secondary N) is 1. The van der Waals surface area contributed by atoms with Crippen LogP contribution in [0.25, 0.3) is 11.1 Å². The van der Waals surface area contributed by atoms with E-state index in [0.717, 1.165) is 63.1 Å². The van der Waals surface area contributed by atoms with Crippen LogP contribution in [0.15, 0.2) is 48.5 Å². The summed E-state index contributed by atoms with van der Waals surface area (Å²) in [5, 5.41) is 12.5. The molecule has 6 heteroatoms. The highest BCUT2D eigenvalue weighted by Crippen LogP contribution is 2.26. The number of hydrogen-bond donors (Lipinski definition) is 2. The van der Waals surface area contributed by atoms with Crippen LogP contribution in [0.3, 0.4) is 0 Å². The number of rotatable bonds is 8. The summed E-state index contributed by atoms with van der Waals surface area (Å²) in [6, 6.07) is 19.4. The molecule has 192 valence electrons. The predicted octanol–water partition coefficient (Wildman–Crippen LogP) is 4.09. The van der Waals surface area contributed by atoms with E-state index in [1.54, 1.807) is 0 Å². The Morgan fingerprint density at radius 3 is 2.03 bits per heavy atom. The third-order valence-electron chi connectivity index (χ3n) is 7.88. The summed E-state index contributed by atoms with van der Waals surface area (Å²) >= 11 is 0. The molecule has 4 rings (SSSR count). The zero-order chi connectivity index (χ0) is 25.5. The lowest BCUT2D eigenvalue weighted by Gasteiger charge is -2.36. The first kappa shape index (κ1) is 26.3. The number of benzene rings is 2. The lowest BCUT2D eigenvalue weighted by atomic mass is 9.81. The van der Waals surface area contributed by atoms with Crippen molar-refractivity contribution in [1.82, 2.24) is 15.1 Å². The van der Waals surface area contributed by atoms with Crippen molar-refractivity contribution in [3.05, 3.63) is 59.7 Å². The van der Waals surface area contributed by atoms with E-state index in [2.05, 4.69) is 71.4 Å². The van der Waals surface area contributed by atoms with Gasteiger partial charge in [0.2, 0.25) is 5.91 Å². The van der Waals surface area contributed by atoms with Gasteiger partial charge in [0.05, 0.1) is 11.6 Å². The van der Waals surface area contributed by atoms with Gasteiger partial charge in [-0.1, -0.05) is 67.8 Å². The van der Waals surface area contributed by atoms with E-state index in [1.807, 2.05) is 12.1 Å². The molecule has 1 unspecified atom stereocenters. The maximum Gasteiger partial charge on any atom is 0.241 e. The predicted molar refractivity (Wildman–Crippen MR) is 145 cm³/mol. The summed E-state index contributed by atoms with van der Waals surface area (Å²) in [6.07, 6.45) is 4.93. The second kappa shape index (κ2) is 12.0. The maximum absolute atomic E-state index is 12.7. The van der Waals surface area contributed by atoms with Gasteiger partial charge in [-0.25, -0.2) is 0 Å². The van der Waals surface area contributed by atoms with Crippen LogP contribution in [-0.4, -0.2) is 59.5 Å². The van der Waals surface area contributed by atoms with E-state index < -0.39 is 11.6 Å². The highest BCUT2D eigenvalue weighted by atomic mass is 16.2. The Morgan fingerprint density at radius 2 is 1.50 bits per heavy atom. The molecule has 2 fully saturated rings. The number of hydrogen-bond acceptors (Lipinski definition) is 5. The first-order valence-corrected chi connectivity index (χ1v) is 13.5. The van der Waals surface area contributed by atoms with Gasteiger partial charge in [0.15, 0.2) is 0 Å². The van der Waals surface area contributed by atoms with Gasteiger partial charge in [-0.2, -0.15) is 5.26 Å². The van der Waals surface area contributed by atoms with Crippen molar-refractivity contribution in [2.75, 3.05) is 26.2 Å². The second-order valence-corrected chi connectivity index (χ2v) is 10.9. The standard InChI is InChI=1S/C30H41N5O/c1-23(2)35-18-16-34(17-19-35)22-25-8-12-27(13-9-25)26-10-6-24(7-11-26)20-28(21-31)33-29(36)30(32)14-4-3-5-15-30/h6-13,23,28H,3-5,14-20,22,32H2,1-2H3,(H,33,36). The lowest BCUT2D eigenvalue weighted by Crippen LogP contribution is -2.57. The van der Waals surface area contributed by atoms with Gasteiger partial charge in [-0.15, -0.1) is 0 Å². The van der Waals surface area contributed by atoms with Crippen molar-refractivity contribution < 1.29 is 4.79 Å². The Balaban J connectivity index is 1.30. The van der Waals surface area contributed by atoms with Crippen LogP contribution in [0.4, 0.5) is 0 Å². The molecule has 1 amide bonds. The van der Waals surface area contributed by atoms with Crippen LogP contribution in [-0.2, 0) is 17.8 Å². The van der Waals surface area contributed by atoms with Crippen LogP contribution >= 0.6 is 0 Å². The number of nitrogens with zero attached hydrogens (tertiary/aromatic N) is 3. The SMILES string of the molecule is CC(C)N1CCN(Cc2ccc(-c3ccc(CC(C#N)NC(=O)C4(N)CCCCC4)cc3)cc2)CC1. The molecule has 1 saturated carbocycles. The molecule has 0 aromatic heterocycles. The number of carbonyl (C=O) groups excluding carboxylic acids is 1. The molecule has 2 aromatic rings. The molecular formula is C30H41N5O. The zero-order valence-corrected chi connectivity index (χ0v) is 21.9. The van der Waals surface area contributed by atoms with E-state index in [1.165, 1.54) is 11.1 Å². The highest BCUT2D eigenvalue weighted by Gasteiger charge is 2.36. The average molecular weight is 488 g/mol. The largest absolute Gasteiger partial charge is 0.338 e. The summed E-state index contributed by atoms with van der Waals surface area (Å²) in [4.78, 5) is 17.8. The fraction of sp³-hybridized carbons (Fsp3) is 0.533. The summed E-state index contributed by atoms with van der Waals surface area (Å²) < 4.78 is 0. The van der Waals surface area contributed by atoms with Gasteiger partial charge in [-0.05, 0) is 48.9 Å². The summed E-state index contributed by atoms with van der Waals surface area (Å²) in [5.74, 6) is -0.188. The number of nitriles is 1. The molecule has 3 N–H and O–H groups in total. The van der Waals surface area contributed by atoms with Crippen molar-refractivity contribution in [2.24, 2.45) is 5.73 Å². The van der Waals surface area contributed by atoms with E-state index in [0.29, 0.717) is 25.3 Å². The second-order valence-electron chi connectivity index (χ2n) is 10.9. The first-order valence-electron chi connectivity index (χ1n) is 13.5. The molecule has 36 heavy (non-hydrogen) atoms. The molecule has 1 aliphatic heterocycles. The summed E-state index contributed by atoms with van der Waals surface area (Å²) in [5.41, 5.74) is 10.2. The van der Waals surface area contributed by atoms with Crippen molar-refractivity contribution in [1.29, 1.82) is 5.26 Å². The topological polar surface area (TPSA) is 85.4 Å². The normalized spacial score (nSPS) is 19.5. The molecule has 0 spiro atoms. The van der Waals surface area contributed by atoms with Crippen LogP contribution < -0.4 is 11.1 Å². The van der Waals surface area contributed by atoms with Gasteiger partial charge in [-0.3, -0.25) is 14.6 Å². The van der Waals surface area contributed by atoms with E-state index in [9.17, 15) is 10.1 Å². The van der Waals surface area contributed by atoms with Gasteiger partial charge < -0.3 is 11.1 Å². The third kappa shape index (κ3) is 6.73. The van der Waals surface area contributed by atoms with Crippen LogP contribution in [0.1, 0.15) is 57.1 Å². The molecule has 2 aromatic carbocycles. The van der Waals surface area contributed by atoms with Crippen molar-refractivity contribution in [3.63, 3.8) is 0 Å². The maximum atomic E-state index is 12.7. The summed E-state index contributed by atoms with van der Waals surface area (Å²) in [7, 11) is 0. The number of amides is 1. The number of nitrogens with two attached hydrogens (primary N) is 1. The van der Waals surface area contributed by atoms with Gasteiger partial charge in [0.25, 0.3) is 0 Å². The molecule has 0 radical (unpaired) electrons. The van der Waals surface area contributed by atoms with E-state index in [-0.39, 0.29) is 5.91 Å². The first-order chi connectivity index (χ1) is 17.4. The minimum absolute atomic E-state index is 0.188. The molecule has 1 saturated heterocycles. The van der Waals surface area contributed by atoms with E-state index >= 15 is 0 Å². The Morgan fingerprint density at radius 1 is 0.944 bits per heavy atom. The third-order valence-corrected chi connectivity index (χ3v) is 7.88. The van der Waals surface area contributed by atoms with Crippen molar-refractivity contribution in [2.45, 2.75) is 76.5 Å². The number of piperazine rings is 1. The van der Waals surface area contributed by atoms with Gasteiger partial charge in [0, 0.05) is 45.2 Å². The smallest absolute Gasteiger partial charge is 0.241 e. The molecule has 0 bridgehead atoms. The fourth-order valence-electron chi connectivity index (χ4n) is 5.41. The van der Waals surface area contributed by atoms with Gasteiger partial charge >= 0.3 is 0 Å². The summed E-state index contributed by atoms with van der Waals surface area (Å²) in [6.45, 7) is 10.1. The van der Waals surface area contributed by atoms with Crippen LogP contribution in [0, 0.1) is 11.3 Å². The fourth-order valence-corrected chi connectivity index (χ4v) is 5.41. The van der Waals surface area contributed by atoms with Crippen LogP contribution in [0.5, 0.6) is 0 Å². The Kier molecular flexibility index (Phi) is 8.79. The van der Waals surface area contributed by atoms with E-state index in [4.69, 9.17) is 5.73 Å². The lowest BCUT2D eigenvalue weighted by molar-refractivity contribution is -0.127. The molecular weight excluding hydrogens is 446 g/mol. The number of carbonyl (C=O) groups is 1. The minimum atomic E-state index is -0.828. The highest BCUT2D eigenvalue weighted by molar-refractivity contribution is 5.86. The average Bonchev–Trinajstić information content (AvgIpc) is 2.90. The quantitative estimate of drug-likeness (QED) is 0.586. The minimum Gasteiger partial charge on any atom is -0.338 e. The molecule has 1 atom stereocenters. The van der Waals surface area contributed by atoms with Crippen LogP contribution in [0.2, 0.25) is 0 Å². The molecule has 6 nitrogen and oxygen atoms in total. The Hall–Kier alpha value is -2.72. The molecule has 1 aliphatic carbocycles. The molecule has 1 heterocycles. The van der Waals surface area contributed by atoms with Crippen molar-refractivity contribution >= 4 is 5.91 Å². The molecule has 2 aliphatic rings. The van der Waals surface area contributed by atoms with Gasteiger partial charge in [0.1, 0.15) is 6.04 Å². The Labute approximate surface area is 216 Å². The Bertz CT molecular complexity index is 1030. The van der Waals surface area contributed by atoms with Crippen molar-refractivity contribution in [3.8, 4) is 17.2 Å².